The molecular formula is C26H38N4O5S. The van der Waals surface area contributed by atoms with Gasteiger partial charge < -0.3 is 25.4 Å². The molecular weight excluding hydrogens is 480 g/mol. The molecule has 198 valence electrons. The maximum Gasteiger partial charge on any atom is 0.408 e. The summed E-state index contributed by atoms with van der Waals surface area (Å²) >= 11 is 1.64. The van der Waals surface area contributed by atoms with Crippen molar-refractivity contribution in [1.29, 1.82) is 0 Å². The van der Waals surface area contributed by atoms with Crippen LogP contribution in [-0.2, 0) is 20.9 Å². The lowest BCUT2D eigenvalue weighted by molar-refractivity contribution is -0.133. The van der Waals surface area contributed by atoms with Gasteiger partial charge in [0, 0.05) is 19.6 Å². The second-order valence-corrected chi connectivity index (χ2v) is 10.9. The molecule has 1 fully saturated rings. The fraction of sp³-hybridized carbons (Fsp3) is 0.538. The number of carbonyl (C=O) groups is 3. The summed E-state index contributed by atoms with van der Waals surface area (Å²) in [6.45, 7) is 12.5. The fourth-order valence-corrected chi connectivity index (χ4v) is 4.41. The summed E-state index contributed by atoms with van der Waals surface area (Å²) in [5.41, 5.74) is 4.59. The molecule has 2 heterocycles. The Kier molecular flexibility index (Phi) is 10.9. The lowest BCUT2D eigenvalue weighted by Crippen LogP contribution is -2.51. The minimum atomic E-state index is -0.629. The van der Waals surface area contributed by atoms with Gasteiger partial charge in [0.05, 0.1) is 22.2 Å². The molecule has 3 amide bonds. The summed E-state index contributed by atoms with van der Waals surface area (Å²) < 4.78 is 5.18. The third-order valence-corrected chi connectivity index (χ3v) is 6.41. The van der Waals surface area contributed by atoms with Crippen molar-refractivity contribution in [3.63, 3.8) is 0 Å². The van der Waals surface area contributed by atoms with E-state index < -0.39 is 23.8 Å². The largest absolute Gasteiger partial charge is 0.444 e. The number of β-amino-alcohol motifs (C(OH)–C–C–N with tert-alkyl or cyclic N) is 1. The number of nitrogens with one attached hydrogen (secondary N) is 2. The van der Waals surface area contributed by atoms with Crippen LogP contribution < -0.4 is 10.6 Å². The summed E-state index contributed by atoms with van der Waals surface area (Å²) in [6, 6.07) is 7.52. The van der Waals surface area contributed by atoms with E-state index in [9.17, 15) is 19.5 Å². The number of nitrogens with zero attached hydrogens (tertiary/aromatic N) is 2. The molecule has 2 aromatic rings. The van der Waals surface area contributed by atoms with Crippen molar-refractivity contribution in [3.05, 3.63) is 41.0 Å². The van der Waals surface area contributed by atoms with Gasteiger partial charge in [-0.25, -0.2) is 9.78 Å². The van der Waals surface area contributed by atoms with Crippen molar-refractivity contribution in [1.82, 2.24) is 20.5 Å². The van der Waals surface area contributed by atoms with Crippen molar-refractivity contribution >= 4 is 29.7 Å². The topological polar surface area (TPSA) is 121 Å². The third-order valence-electron chi connectivity index (χ3n) is 5.43. The highest BCUT2D eigenvalue weighted by atomic mass is 32.1. The molecule has 2 atom stereocenters. The predicted octanol–water partition coefficient (Wildman–Crippen LogP) is 3.49. The van der Waals surface area contributed by atoms with Crippen molar-refractivity contribution in [2.24, 2.45) is 5.92 Å². The monoisotopic (exact) mass is 518 g/mol. The van der Waals surface area contributed by atoms with Crippen LogP contribution in [-0.4, -0.2) is 64.2 Å². The van der Waals surface area contributed by atoms with Crippen LogP contribution in [0.3, 0.4) is 0 Å². The van der Waals surface area contributed by atoms with Crippen LogP contribution >= 0.6 is 11.3 Å². The van der Waals surface area contributed by atoms with Crippen molar-refractivity contribution < 1.29 is 24.2 Å². The lowest BCUT2D eigenvalue weighted by Gasteiger charge is -2.28. The van der Waals surface area contributed by atoms with Gasteiger partial charge in [0.25, 0.3) is 0 Å². The zero-order valence-electron chi connectivity index (χ0n) is 21.9. The van der Waals surface area contributed by atoms with Crippen molar-refractivity contribution in [2.75, 3.05) is 13.1 Å². The van der Waals surface area contributed by atoms with E-state index in [1.807, 2.05) is 38.4 Å². The highest BCUT2D eigenvalue weighted by Gasteiger charge is 2.33. The zero-order chi connectivity index (χ0) is 26.9. The van der Waals surface area contributed by atoms with Gasteiger partial charge in [0.1, 0.15) is 11.6 Å². The number of benzene rings is 1. The van der Waals surface area contributed by atoms with Gasteiger partial charge in [0.2, 0.25) is 12.3 Å². The van der Waals surface area contributed by atoms with Crippen LogP contribution in [0.25, 0.3) is 10.4 Å². The number of aryl methyl sites for hydroxylation is 1. The van der Waals surface area contributed by atoms with E-state index in [0.29, 0.717) is 32.5 Å². The van der Waals surface area contributed by atoms with E-state index in [-0.39, 0.29) is 11.8 Å². The van der Waals surface area contributed by atoms with Crippen molar-refractivity contribution in [2.45, 2.75) is 72.3 Å². The van der Waals surface area contributed by atoms with Crippen LogP contribution in [0.15, 0.2) is 29.8 Å². The number of thiazole rings is 1. The van der Waals surface area contributed by atoms with E-state index in [2.05, 4.69) is 27.8 Å². The predicted molar refractivity (Wildman–Crippen MR) is 140 cm³/mol. The average Bonchev–Trinajstić information content (AvgIpc) is 3.43. The number of hydrogen-bond donors (Lipinski definition) is 3. The molecule has 0 bridgehead atoms. The summed E-state index contributed by atoms with van der Waals surface area (Å²) in [5.74, 6) is -0.213. The summed E-state index contributed by atoms with van der Waals surface area (Å²) in [7, 11) is 0. The Hall–Kier alpha value is -2.98. The summed E-state index contributed by atoms with van der Waals surface area (Å²) in [5, 5.41) is 14.8. The minimum absolute atomic E-state index is 0.0484. The molecule has 1 aliphatic heterocycles. The molecule has 1 aliphatic rings. The molecule has 2 unspecified atom stereocenters. The number of aliphatic hydroxyl groups excluding tert-OH is 1. The van der Waals surface area contributed by atoms with Crippen LogP contribution in [0.4, 0.5) is 4.79 Å². The molecule has 0 radical (unpaired) electrons. The van der Waals surface area contributed by atoms with Gasteiger partial charge in [-0.05, 0) is 51.2 Å². The first-order valence-corrected chi connectivity index (χ1v) is 12.9. The van der Waals surface area contributed by atoms with E-state index in [1.54, 1.807) is 37.0 Å². The Morgan fingerprint density at radius 2 is 1.94 bits per heavy atom. The quantitative estimate of drug-likeness (QED) is 0.483. The Bertz CT molecular complexity index is 1000. The lowest BCUT2D eigenvalue weighted by atomic mass is 10.0. The van der Waals surface area contributed by atoms with Crippen LogP contribution in [0, 0.1) is 12.8 Å². The van der Waals surface area contributed by atoms with Gasteiger partial charge in [-0.1, -0.05) is 38.1 Å². The maximum absolute atomic E-state index is 12.4. The van der Waals surface area contributed by atoms with E-state index in [1.165, 1.54) is 10.4 Å². The molecule has 3 N–H and O–H groups in total. The number of likely N-dealkylation sites (tertiary alicyclic amines) is 1. The number of ether oxygens (including phenoxy) is 1. The second-order valence-electron chi connectivity index (χ2n) is 10.1. The molecule has 3 rings (SSSR count). The highest BCUT2D eigenvalue weighted by Crippen LogP contribution is 2.27. The SMILES string of the molecule is CC(C)C(NC(=O)OC(C)(C)C)C(=O)N1CCC(O)C1.Cc1ncsc1-c1ccc(CNC=O)cc1. The van der Waals surface area contributed by atoms with Crippen LogP contribution in [0.5, 0.6) is 0 Å². The third kappa shape index (κ3) is 9.23. The number of amides is 3. The Balaban J connectivity index is 0.000000259. The molecule has 36 heavy (non-hydrogen) atoms. The number of hydrogen-bond acceptors (Lipinski definition) is 7. The fourth-order valence-electron chi connectivity index (χ4n) is 3.60. The number of aliphatic hydroxyl groups is 1. The zero-order valence-corrected chi connectivity index (χ0v) is 22.7. The molecule has 0 spiro atoms. The summed E-state index contributed by atoms with van der Waals surface area (Å²) in [4.78, 5) is 41.4. The first-order chi connectivity index (χ1) is 16.9. The molecule has 0 aliphatic carbocycles. The number of rotatable bonds is 7. The van der Waals surface area contributed by atoms with Gasteiger partial charge >= 0.3 is 6.09 Å². The Labute approximate surface area is 217 Å². The number of aromatic nitrogens is 1. The average molecular weight is 519 g/mol. The molecule has 0 saturated carbocycles. The van der Waals surface area contributed by atoms with Gasteiger partial charge in [-0.3, -0.25) is 9.59 Å². The van der Waals surface area contributed by atoms with Crippen molar-refractivity contribution in [3.8, 4) is 10.4 Å². The normalized spacial score (nSPS) is 16.1. The van der Waals surface area contributed by atoms with E-state index in [4.69, 9.17) is 4.74 Å². The summed E-state index contributed by atoms with van der Waals surface area (Å²) in [6.07, 6.45) is 0.238. The standard InChI is InChI=1S/C14H26N2O4.C12H12N2OS/c1-9(2)11(15-13(19)20-14(3,4)5)12(18)16-7-6-10(17)8-16;1-9-12(16-8-14-9)11-4-2-10(3-5-11)6-13-7-15/h9-11,17H,6-8H2,1-5H3,(H,15,19);2-5,7-8H,6H2,1H3,(H,13,15). The Morgan fingerprint density at radius 3 is 2.42 bits per heavy atom. The maximum atomic E-state index is 12.4. The minimum Gasteiger partial charge on any atom is -0.444 e. The van der Waals surface area contributed by atoms with E-state index >= 15 is 0 Å². The molecule has 10 heteroatoms. The molecule has 1 aromatic carbocycles. The second kappa shape index (κ2) is 13.4. The molecule has 9 nitrogen and oxygen atoms in total. The number of carbonyl (C=O) groups excluding carboxylic acids is 3. The van der Waals surface area contributed by atoms with Gasteiger partial charge in [-0.15, -0.1) is 11.3 Å². The van der Waals surface area contributed by atoms with Crippen LogP contribution in [0.1, 0.15) is 52.3 Å². The highest BCUT2D eigenvalue weighted by molar-refractivity contribution is 7.13. The van der Waals surface area contributed by atoms with Crippen LogP contribution in [0.2, 0.25) is 0 Å². The smallest absolute Gasteiger partial charge is 0.408 e. The first kappa shape index (κ1) is 29.3. The Morgan fingerprint density at radius 1 is 1.28 bits per heavy atom. The van der Waals surface area contributed by atoms with Gasteiger partial charge in [0.15, 0.2) is 0 Å². The molecule has 1 saturated heterocycles. The first-order valence-electron chi connectivity index (χ1n) is 12.0. The van der Waals surface area contributed by atoms with E-state index in [0.717, 1.165) is 11.3 Å². The number of alkyl carbamates (subject to hydrolysis) is 1. The van der Waals surface area contributed by atoms with Gasteiger partial charge in [-0.2, -0.15) is 0 Å². The molecule has 1 aromatic heterocycles.